The van der Waals surface area contributed by atoms with Gasteiger partial charge >= 0.3 is 0 Å². The molecular formula is C19H25N5O4S. The Morgan fingerprint density at radius 1 is 1.07 bits per heavy atom. The van der Waals surface area contributed by atoms with E-state index in [9.17, 15) is 18.5 Å². The highest BCUT2D eigenvalue weighted by Gasteiger charge is 2.05. The first-order valence-electron chi connectivity index (χ1n) is 8.99. The van der Waals surface area contributed by atoms with Gasteiger partial charge in [-0.25, -0.2) is 18.1 Å². The molecule has 0 amide bonds. The van der Waals surface area contributed by atoms with Gasteiger partial charge in [-0.2, -0.15) is 0 Å². The van der Waals surface area contributed by atoms with E-state index in [1.807, 2.05) is 31.2 Å². The monoisotopic (exact) mass is 419 g/mol. The third-order valence-corrected chi connectivity index (χ3v) is 4.78. The molecule has 0 heterocycles. The number of non-ortho nitro benzene ring substituents is 1. The van der Waals surface area contributed by atoms with Crippen molar-refractivity contribution < 1.29 is 13.3 Å². The summed E-state index contributed by atoms with van der Waals surface area (Å²) in [6, 6.07) is 14.2. The topological polar surface area (TPSA) is 126 Å². The Morgan fingerprint density at radius 2 is 1.76 bits per heavy atom. The zero-order valence-electron chi connectivity index (χ0n) is 16.4. The van der Waals surface area contributed by atoms with Crippen LogP contribution in [0.5, 0.6) is 0 Å². The van der Waals surface area contributed by atoms with Gasteiger partial charge in [0.15, 0.2) is 5.96 Å². The van der Waals surface area contributed by atoms with Crippen molar-refractivity contribution in [3.63, 3.8) is 0 Å². The Kier molecular flexibility index (Phi) is 8.10. The number of aliphatic imine (C=N–C) groups is 1. The van der Waals surface area contributed by atoms with Crippen molar-refractivity contribution in [2.45, 2.75) is 20.0 Å². The van der Waals surface area contributed by atoms with Crippen LogP contribution in [-0.2, 0) is 23.1 Å². The van der Waals surface area contributed by atoms with Gasteiger partial charge in [-0.05, 0) is 23.6 Å². The van der Waals surface area contributed by atoms with Crippen LogP contribution in [0.2, 0.25) is 0 Å². The molecule has 0 spiro atoms. The molecule has 0 aromatic heterocycles. The van der Waals surface area contributed by atoms with Crippen LogP contribution >= 0.6 is 0 Å². The number of rotatable bonds is 9. The lowest BCUT2D eigenvalue weighted by molar-refractivity contribution is -0.384. The maximum Gasteiger partial charge on any atom is 0.269 e. The maximum atomic E-state index is 11.2. The second-order valence-corrected chi connectivity index (χ2v) is 8.29. The second kappa shape index (κ2) is 10.5. The lowest BCUT2D eigenvalue weighted by atomic mass is 10.1. The first-order chi connectivity index (χ1) is 13.7. The van der Waals surface area contributed by atoms with Gasteiger partial charge < -0.3 is 10.6 Å². The van der Waals surface area contributed by atoms with Gasteiger partial charge in [-0.3, -0.25) is 10.1 Å². The van der Waals surface area contributed by atoms with Gasteiger partial charge in [0.25, 0.3) is 5.69 Å². The molecule has 0 fully saturated rings. The predicted octanol–water partition coefficient (Wildman–Crippen LogP) is 1.69. The molecule has 0 saturated heterocycles. The third-order valence-electron chi connectivity index (χ3n) is 4.06. The molecule has 0 unspecified atom stereocenters. The Hall–Kier alpha value is -2.98. The fourth-order valence-corrected chi connectivity index (χ4v) is 2.95. The number of nitrogens with one attached hydrogen (secondary N) is 3. The van der Waals surface area contributed by atoms with Gasteiger partial charge in [-0.15, -0.1) is 0 Å². The molecule has 0 saturated carbocycles. The second-order valence-electron chi connectivity index (χ2n) is 6.46. The van der Waals surface area contributed by atoms with Crippen molar-refractivity contribution in [1.82, 2.24) is 15.4 Å². The van der Waals surface area contributed by atoms with Crippen molar-refractivity contribution >= 4 is 21.7 Å². The Labute approximate surface area is 170 Å². The first kappa shape index (κ1) is 22.3. The van der Waals surface area contributed by atoms with Crippen molar-refractivity contribution in [3.05, 3.63) is 75.3 Å². The van der Waals surface area contributed by atoms with E-state index in [1.54, 1.807) is 12.1 Å². The van der Waals surface area contributed by atoms with Gasteiger partial charge in [0.2, 0.25) is 10.0 Å². The van der Waals surface area contributed by atoms with E-state index in [4.69, 9.17) is 0 Å². The van der Waals surface area contributed by atoms with E-state index >= 15 is 0 Å². The summed E-state index contributed by atoms with van der Waals surface area (Å²) < 4.78 is 24.8. The van der Waals surface area contributed by atoms with E-state index in [-0.39, 0.29) is 12.2 Å². The number of hydrogen-bond donors (Lipinski definition) is 3. The van der Waals surface area contributed by atoms with Crippen LogP contribution in [-0.4, -0.2) is 38.6 Å². The number of nitrogens with zero attached hydrogens (tertiary/aromatic N) is 2. The van der Waals surface area contributed by atoms with Crippen molar-refractivity contribution in [2.24, 2.45) is 4.99 Å². The zero-order chi connectivity index (χ0) is 21.3. The summed E-state index contributed by atoms with van der Waals surface area (Å²) in [6.45, 7) is 3.47. The zero-order valence-corrected chi connectivity index (χ0v) is 17.2. The number of hydrogen-bond acceptors (Lipinski definition) is 5. The fourth-order valence-electron chi connectivity index (χ4n) is 2.47. The molecule has 9 nitrogen and oxygen atoms in total. The van der Waals surface area contributed by atoms with Crippen LogP contribution in [0.15, 0.2) is 53.5 Å². The lowest BCUT2D eigenvalue weighted by Crippen LogP contribution is -2.41. The summed E-state index contributed by atoms with van der Waals surface area (Å²) in [5, 5.41) is 17.1. The van der Waals surface area contributed by atoms with E-state index in [0.717, 1.165) is 22.9 Å². The lowest BCUT2D eigenvalue weighted by Gasteiger charge is -2.14. The highest BCUT2D eigenvalue weighted by Crippen LogP contribution is 2.12. The van der Waals surface area contributed by atoms with E-state index in [0.29, 0.717) is 25.6 Å². The highest BCUT2D eigenvalue weighted by atomic mass is 32.2. The SMILES string of the molecule is Cc1ccccc1CNC(=NCc1ccc([N+](=O)[O-])cc1)NCCNS(C)(=O)=O. The summed E-state index contributed by atoms with van der Waals surface area (Å²) >= 11 is 0. The Morgan fingerprint density at radius 3 is 2.38 bits per heavy atom. The molecule has 2 aromatic rings. The van der Waals surface area contributed by atoms with Crippen molar-refractivity contribution in [2.75, 3.05) is 19.3 Å². The molecule has 0 aliphatic rings. The van der Waals surface area contributed by atoms with Gasteiger partial charge in [-0.1, -0.05) is 36.4 Å². The minimum Gasteiger partial charge on any atom is -0.355 e. The largest absolute Gasteiger partial charge is 0.355 e. The summed E-state index contributed by atoms with van der Waals surface area (Å²) in [6.07, 6.45) is 1.10. The molecule has 156 valence electrons. The number of nitro benzene ring substituents is 1. The van der Waals surface area contributed by atoms with E-state index in [1.165, 1.54) is 12.1 Å². The van der Waals surface area contributed by atoms with E-state index < -0.39 is 14.9 Å². The normalized spacial score (nSPS) is 11.9. The van der Waals surface area contributed by atoms with Crippen LogP contribution in [0.3, 0.4) is 0 Å². The minimum absolute atomic E-state index is 0.0283. The van der Waals surface area contributed by atoms with Crippen LogP contribution in [0.4, 0.5) is 5.69 Å². The van der Waals surface area contributed by atoms with Crippen molar-refractivity contribution in [3.8, 4) is 0 Å². The molecule has 3 N–H and O–H groups in total. The van der Waals surface area contributed by atoms with Gasteiger partial charge in [0.05, 0.1) is 17.7 Å². The number of guanidine groups is 1. The average Bonchev–Trinajstić information content (AvgIpc) is 2.67. The van der Waals surface area contributed by atoms with Crippen LogP contribution < -0.4 is 15.4 Å². The quantitative estimate of drug-likeness (QED) is 0.187. The van der Waals surface area contributed by atoms with Crippen LogP contribution in [0.25, 0.3) is 0 Å². The minimum atomic E-state index is -3.25. The maximum absolute atomic E-state index is 11.2. The molecule has 0 aliphatic carbocycles. The molecule has 2 rings (SSSR count). The summed E-state index contributed by atoms with van der Waals surface area (Å²) in [5.74, 6) is 0.516. The molecule has 0 bridgehead atoms. The Bertz CT molecular complexity index is 959. The smallest absolute Gasteiger partial charge is 0.269 e. The number of aryl methyl sites for hydroxylation is 1. The van der Waals surface area contributed by atoms with E-state index in [2.05, 4.69) is 20.3 Å². The molecule has 29 heavy (non-hydrogen) atoms. The summed E-state index contributed by atoms with van der Waals surface area (Å²) in [5.41, 5.74) is 3.11. The van der Waals surface area contributed by atoms with Gasteiger partial charge in [0, 0.05) is 31.8 Å². The summed E-state index contributed by atoms with van der Waals surface area (Å²) in [7, 11) is -3.25. The fraction of sp³-hybridized carbons (Fsp3) is 0.316. The predicted molar refractivity (Wildman–Crippen MR) is 113 cm³/mol. The summed E-state index contributed by atoms with van der Waals surface area (Å²) in [4.78, 5) is 14.8. The van der Waals surface area contributed by atoms with Crippen LogP contribution in [0.1, 0.15) is 16.7 Å². The third kappa shape index (κ3) is 8.28. The number of sulfonamides is 1. The highest BCUT2D eigenvalue weighted by molar-refractivity contribution is 7.88. The van der Waals surface area contributed by atoms with Crippen molar-refractivity contribution in [1.29, 1.82) is 0 Å². The van der Waals surface area contributed by atoms with Gasteiger partial charge in [0.1, 0.15) is 0 Å². The Balaban J connectivity index is 2.02. The standard InChI is InChI=1S/C19H25N5O4S/c1-15-5-3-4-6-17(15)14-22-19(20-11-12-23-29(2,27)28)21-13-16-7-9-18(10-8-16)24(25)26/h3-10,23H,11-14H2,1-2H3,(H2,20,21,22). The number of nitro groups is 1. The number of benzene rings is 2. The molecule has 0 atom stereocenters. The van der Waals surface area contributed by atoms with Crippen LogP contribution in [0, 0.1) is 17.0 Å². The average molecular weight is 420 g/mol. The first-order valence-corrected chi connectivity index (χ1v) is 10.9. The molecule has 0 aliphatic heterocycles. The molecule has 10 heteroatoms. The molecule has 2 aromatic carbocycles. The molecular weight excluding hydrogens is 394 g/mol. The molecule has 0 radical (unpaired) electrons.